The first-order valence-electron chi connectivity index (χ1n) is 18.1. The van der Waals surface area contributed by atoms with Gasteiger partial charge in [0.1, 0.15) is 0 Å². The number of phenolic OH excluding ortho intramolecular Hbond substituents is 1. The molecule has 7 N–H and O–H groups in total. The Balaban J connectivity index is 1.11. The zero-order valence-corrected chi connectivity index (χ0v) is 29.5. The predicted molar refractivity (Wildman–Crippen MR) is 189 cm³/mol. The van der Waals surface area contributed by atoms with E-state index in [-0.39, 0.29) is 48.4 Å². The summed E-state index contributed by atoms with van der Waals surface area (Å²) in [4.78, 5) is 26.7. The number of carbonyl (C=O) groups is 2. The van der Waals surface area contributed by atoms with E-state index in [4.69, 9.17) is 29.4 Å². The fourth-order valence-corrected chi connectivity index (χ4v) is 7.23. The Bertz CT molecular complexity index is 1400. The van der Waals surface area contributed by atoms with Gasteiger partial charge in [-0.15, -0.1) is 0 Å². The molecule has 276 valence electrons. The molecule has 0 saturated carbocycles. The van der Waals surface area contributed by atoms with Crippen LogP contribution in [-0.2, 0) is 14.3 Å². The van der Waals surface area contributed by atoms with E-state index in [9.17, 15) is 14.7 Å². The van der Waals surface area contributed by atoms with Crippen LogP contribution < -0.4 is 45.9 Å². The van der Waals surface area contributed by atoms with Gasteiger partial charge in [-0.2, -0.15) is 0 Å². The van der Waals surface area contributed by atoms with Gasteiger partial charge in [0.05, 0.1) is 32.8 Å². The van der Waals surface area contributed by atoms with Gasteiger partial charge in [0.25, 0.3) is 0 Å². The number of aromatic hydroxyl groups is 1. The van der Waals surface area contributed by atoms with Gasteiger partial charge in [0.15, 0.2) is 23.0 Å². The number of esters is 1. The smallest absolute Gasteiger partial charge is 0.310 e. The first-order chi connectivity index (χ1) is 24.5. The second-order valence-corrected chi connectivity index (χ2v) is 13.2. The molecule has 50 heavy (non-hydrogen) atoms. The summed E-state index contributed by atoms with van der Waals surface area (Å²) in [6, 6.07) is 6.77. The van der Waals surface area contributed by atoms with Crippen molar-refractivity contribution in [2.24, 2.45) is 17.6 Å². The third-order valence-electron chi connectivity index (χ3n) is 9.84. The molecular weight excluding hydrogens is 642 g/mol. The highest BCUT2D eigenvalue weighted by atomic mass is 16.7. The summed E-state index contributed by atoms with van der Waals surface area (Å²) in [6.45, 7) is 6.88. The number of methoxy groups -OCH3 is 2. The molecule has 1 fully saturated rings. The summed E-state index contributed by atoms with van der Waals surface area (Å²) < 4.78 is 28.0. The number of hydrogen-bond acceptors (Lipinski definition) is 12. The summed E-state index contributed by atoms with van der Waals surface area (Å²) in [5.74, 6) is -0.286. The van der Waals surface area contributed by atoms with Crippen LogP contribution in [0.3, 0.4) is 0 Å². The van der Waals surface area contributed by atoms with E-state index >= 15 is 0 Å². The number of amides is 1. The molecule has 1 saturated heterocycles. The van der Waals surface area contributed by atoms with Crippen molar-refractivity contribution in [1.29, 1.82) is 0 Å². The van der Waals surface area contributed by atoms with Crippen LogP contribution in [-0.4, -0.2) is 90.4 Å². The molecule has 2 aromatic carbocycles. The molecule has 13 heteroatoms. The van der Waals surface area contributed by atoms with Crippen molar-refractivity contribution in [1.82, 2.24) is 21.3 Å². The SMILES string of the molecule is COc1cc(C2c3cc4c(cc3[C@@H](NC(=O)CCCNCCCCNCCCCNCCCCN)[C@H]3COC(=O)[C@H]23)OCO4)cc(OC)c1O. The average Bonchev–Trinajstić information content (AvgIpc) is 3.75. The lowest BCUT2D eigenvalue weighted by molar-refractivity contribution is -0.141. The Morgan fingerprint density at radius 3 is 1.90 bits per heavy atom. The monoisotopic (exact) mass is 697 g/mol. The third-order valence-corrected chi connectivity index (χ3v) is 9.84. The number of cyclic esters (lactones) is 1. The Morgan fingerprint density at radius 2 is 1.34 bits per heavy atom. The molecule has 2 aliphatic heterocycles. The standard InChI is InChI=1S/C37H55N5O8/c1-46-30-18-24(19-31(47-2)36(30)44)33-25-20-28-29(50-23-49-28)21-26(25)35(27-22-48-37(45)34(27)33)42-32(43)10-9-17-41-16-8-7-15-40-14-6-5-13-39-12-4-3-11-38/h18-21,27,33-35,39-41,44H,3-17,22-23,38H2,1-2H3,(H,42,43)/t27-,33?,34-,35+/m0/s1. The Kier molecular flexibility index (Phi) is 14.2. The molecule has 1 amide bonds. The quantitative estimate of drug-likeness (QED) is 0.0785. The highest BCUT2D eigenvalue weighted by Gasteiger charge is 2.53. The Labute approximate surface area is 295 Å². The molecule has 4 atom stereocenters. The van der Waals surface area contributed by atoms with Crippen LogP contribution in [0.15, 0.2) is 24.3 Å². The summed E-state index contributed by atoms with van der Waals surface area (Å²) in [6.07, 6.45) is 7.84. The number of carbonyl (C=O) groups excluding carboxylic acids is 2. The van der Waals surface area contributed by atoms with Gasteiger partial charge in [-0.25, -0.2) is 0 Å². The minimum Gasteiger partial charge on any atom is -0.502 e. The summed E-state index contributed by atoms with van der Waals surface area (Å²) in [5, 5.41) is 24.3. The van der Waals surface area contributed by atoms with Crippen molar-refractivity contribution >= 4 is 11.9 Å². The summed E-state index contributed by atoms with van der Waals surface area (Å²) in [5.41, 5.74) is 7.90. The first kappa shape index (κ1) is 37.5. The molecule has 1 aliphatic carbocycles. The van der Waals surface area contributed by atoms with E-state index in [0.717, 1.165) is 88.2 Å². The van der Waals surface area contributed by atoms with Gasteiger partial charge in [-0.3, -0.25) is 9.59 Å². The fourth-order valence-electron chi connectivity index (χ4n) is 7.23. The number of ether oxygens (including phenoxy) is 5. The van der Waals surface area contributed by atoms with Gasteiger partial charge >= 0.3 is 5.97 Å². The van der Waals surface area contributed by atoms with Gasteiger partial charge in [-0.1, -0.05) is 0 Å². The van der Waals surface area contributed by atoms with E-state index in [1.807, 2.05) is 12.1 Å². The molecule has 0 radical (unpaired) electrons. The van der Waals surface area contributed by atoms with Gasteiger partial charge < -0.3 is 55.8 Å². The molecule has 0 spiro atoms. The van der Waals surface area contributed by atoms with E-state index in [0.29, 0.717) is 24.3 Å². The summed E-state index contributed by atoms with van der Waals surface area (Å²) in [7, 11) is 2.93. The van der Waals surface area contributed by atoms with Crippen LogP contribution in [0.1, 0.15) is 80.0 Å². The second-order valence-electron chi connectivity index (χ2n) is 13.2. The highest BCUT2D eigenvalue weighted by molar-refractivity contribution is 5.81. The molecule has 0 bridgehead atoms. The number of phenols is 1. The molecular formula is C37H55N5O8. The lowest BCUT2D eigenvalue weighted by Gasteiger charge is -2.39. The molecule has 2 heterocycles. The minimum absolute atomic E-state index is 0.0834. The number of fused-ring (bicyclic) bond motifs is 3. The van der Waals surface area contributed by atoms with Crippen molar-refractivity contribution in [3.63, 3.8) is 0 Å². The average molecular weight is 698 g/mol. The van der Waals surface area contributed by atoms with E-state index in [2.05, 4.69) is 21.3 Å². The molecule has 1 unspecified atom stereocenters. The largest absolute Gasteiger partial charge is 0.502 e. The third kappa shape index (κ3) is 9.30. The van der Waals surface area contributed by atoms with Crippen molar-refractivity contribution < 1.29 is 38.4 Å². The van der Waals surface area contributed by atoms with Crippen LogP contribution in [0.25, 0.3) is 0 Å². The molecule has 0 aromatic heterocycles. The van der Waals surface area contributed by atoms with Crippen LogP contribution >= 0.6 is 0 Å². The maximum atomic E-state index is 13.4. The topological polar surface area (TPSA) is 175 Å². The minimum atomic E-state index is -0.586. The zero-order chi connectivity index (χ0) is 35.3. The van der Waals surface area contributed by atoms with Crippen LogP contribution in [0, 0.1) is 11.8 Å². The van der Waals surface area contributed by atoms with Crippen molar-refractivity contribution in [2.75, 3.05) is 73.4 Å². The van der Waals surface area contributed by atoms with E-state index < -0.39 is 17.9 Å². The highest BCUT2D eigenvalue weighted by Crippen LogP contribution is 2.55. The molecule has 13 nitrogen and oxygen atoms in total. The lowest BCUT2D eigenvalue weighted by atomic mass is 9.65. The molecule has 2 aromatic rings. The van der Waals surface area contributed by atoms with Crippen LogP contribution in [0.2, 0.25) is 0 Å². The number of benzene rings is 2. The van der Waals surface area contributed by atoms with Crippen molar-refractivity contribution in [3.8, 4) is 28.7 Å². The summed E-state index contributed by atoms with van der Waals surface area (Å²) >= 11 is 0. The maximum Gasteiger partial charge on any atom is 0.310 e. The normalized spacial score (nSPS) is 20.3. The maximum absolute atomic E-state index is 13.4. The fraction of sp³-hybridized carbons (Fsp3) is 0.622. The van der Waals surface area contributed by atoms with E-state index in [1.54, 1.807) is 12.1 Å². The number of hydrogen-bond donors (Lipinski definition) is 6. The number of rotatable bonds is 22. The van der Waals surface area contributed by atoms with Gasteiger partial charge in [0, 0.05) is 18.3 Å². The van der Waals surface area contributed by atoms with E-state index in [1.165, 1.54) is 27.1 Å². The zero-order valence-electron chi connectivity index (χ0n) is 29.5. The number of nitrogens with two attached hydrogens (primary N) is 1. The van der Waals surface area contributed by atoms with Crippen LogP contribution in [0.5, 0.6) is 28.7 Å². The predicted octanol–water partition coefficient (Wildman–Crippen LogP) is 3.08. The van der Waals surface area contributed by atoms with Gasteiger partial charge in [-0.05, 0) is 132 Å². The molecule has 5 rings (SSSR count). The number of unbranched alkanes of at least 4 members (excludes halogenated alkanes) is 3. The van der Waals surface area contributed by atoms with Gasteiger partial charge in [0.2, 0.25) is 18.4 Å². The van der Waals surface area contributed by atoms with Crippen molar-refractivity contribution in [3.05, 3.63) is 41.0 Å². The molecule has 3 aliphatic rings. The Hall–Kier alpha value is -3.78. The number of nitrogens with one attached hydrogen (secondary N) is 4. The van der Waals surface area contributed by atoms with Crippen LogP contribution in [0.4, 0.5) is 0 Å². The first-order valence-corrected chi connectivity index (χ1v) is 18.1. The Morgan fingerprint density at radius 1 is 0.800 bits per heavy atom. The second kappa shape index (κ2) is 19.0. The van der Waals surface area contributed by atoms with Crippen molar-refractivity contribution in [2.45, 2.75) is 63.3 Å². The lowest BCUT2D eigenvalue weighted by Crippen LogP contribution is -2.42.